The largest absolute Gasteiger partial charge is 0.355 e. The van der Waals surface area contributed by atoms with Crippen LogP contribution in [0.4, 0.5) is 0 Å². The highest BCUT2D eigenvalue weighted by Crippen LogP contribution is 2.01. The van der Waals surface area contributed by atoms with E-state index in [2.05, 4.69) is 30.7 Å². The Hall–Kier alpha value is -0.220. The van der Waals surface area contributed by atoms with Crippen LogP contribution in [0.1, 0.15) is 39.5 Å². The molecule has 0 aliphatic carbocycles. The van der Waals surface area contributed by atoms with Crippen LogP contribution in [0.3, 0.4) is 0 Å². The van der Waals surface area contributed by atoms with Crippen molar-refractivity contribution in [3.05, 3.63) is 0 Å². The van der Waals surface area contributed by atoms with Gasteiger partial charge in [0.2, 0.25) is 5.91 Å². The predicted molar refractivity (Wildman–Crippen MR) is 73.0 cm³/mol. The molecule has 96 valence electrons. The van der Waals surface area contributed by atoms with Gasteiger partial charge in [0, 0.05) is 12.6 Å². The Balaban J connectivity index is 3.24. The van der Waals surface area contributed by atoms with Gasteiger partial charge in [0.15, 0.2) is 0 Å². The molecule has 0 saturated carbocycles. The second-order valence-corrected chi connectivity index (χ2v) is 5.08. The summed E-state index contributed by atoms with van der Waals surface area (Å²) in [4.78, 5) is 11.4. The maximum atomic E-state index is 11.4. The second-order valence-electron chi connectivity index (χ2n) is 4.09. The number of thioether (sulfide) groups is 1. The Labute approximate surface area is 104 Å². The Morgan fingerprint density at radius 1 is 1.31 bits per heavy atom. The topological polar surface area (TPSA) is 41.1 Å². The molecular formula is C12H26N2OS. The van der Waals surface area contributed by atoms with Crippen molar-refractivity contribution in [2.24, 2.45) is 0 Å². The maximum absolute atomic E-state index is 11.4. The number of rotatable bonds is 10. The average molecular weight is 246 g/mol. The molecule has 0 aromatic heterocycles. The molecule has 3 nitrogen and oxygen atoms in total. The third-order valence-corrected chi connectivity index (χ3v) is 3.27. The third-order valence-electron chi connectivity index (χ3n) is 2.57. The summed E-state index contributed by atoms with van der Waals surface area (Å²) in [5, 5.41) is 6.11. The van der Waals surface area contributed by atoms with Gasteiger partial charge in [-0.25, -0.2) is 0 Å². The van der Waals surface area contributed by atoms with Gasteiger partial charge in [-0.05, 0) is 38.2 Å². The van der Waals surface area contributed by atoms with Crippen molar-refractivity contribution >= 4 is 17.7 Å². The molecule has 1 atom stereocenters. The van der Waals surface area contributed by atoms with E-state index >= 15 is 0 Å². The number of carbonyl (C=O) groups is 1. The first-order valence-electron chi connectivity index (χ1n) is 6.19. The van der Waals surface area contributed by atoms with Gasteiger partial charge in [-0.3, -0.25) is 4.79 Å². The van der Waals surface area contributed by atoms with Gasteiger partial charge in [-0.2, -0.15) is 11.8 Å². The van der Waals surface area contributed by atoms with Gasteiger partial charge in [-0.1, -0.05) is 13.3 Å². The number of carbonyl (C=O) groups excluding carboxylic acids is 1. The van der Waals surface area contributed by atoms with Gasteiger partial charge in [0.25, 0.3) is 0 Å². The highest BCUT2D eigenvalue weighted by Gasteiger charge is 2.02. The molecule has 0 rings (SSSR count). The van der Waals surface area contributed by atoms with Crippen molar-refractivity contribution in [2.75, 3.05) is 25.1 Å². The van der Waals surface area contributed by atoms with Crippen LogP contribution in [0.15, 0.2) is 0 Å². The first-order chi connectivity index (χ1) is 7.70. The van der Waals surface area contributed by atoms with E-state index in [4.69, 9.17) is 0 Å². The fourth-order valence-corrected chi connectivity index (χ4v) is 1.74. The van der Waals surface area contributed by atoms with Crippen molar-refractivity contribution in [3.8, 4) is 0 Å². The summed E-state index contributed by atoms with van der Waals surface area (Å²) in [5.74, 6) is 1.34. The lowest BCUT2D eigenvalue weighted by atomic mass is 10.2. The van der Waals surface area contributed by atoms with Crippen LogP contribution in [-0.4, -0.2) is 37.0 Å². The summed E-state index contributed by atoms with van der Waals surface area (Å²) < 4.78 is 0. The average Bonchev–Trinajstić information content (AvgIpc) is 2.30. The van der Waals surface area contributed by atoms with Crippen molar-refractivity contribution in [3.63, 3.8) is 0 Å². The molecule has 1 amide bonds. The van der Waals surface area contributed by atoms with Crippen LogP contribution < -0.4 is 10.6 Å². The second kappa shape index (κ2) is 11.3. The zero-order valence-electron chi connectivity index (χ0n) is 10.8. The standard InChI is InChI=1S/C12H26N2OS/c1-4-11(2)14-10-12(15)13-8-6-5-7-9-16-3/h11,14H,4-10H2,1-3H3,(H,13,15). The van der Waals surface area contributed by atoms with Crippen molar-refractivity contribution in [2.45, 2.75) is 45.6 Å². The monoisotopic (exact) mass is 246 g/mol. The van der Waals surface area contributed by atoms with E-state index in [0.717, 1.165) is 19.4 Å². The fourth-order valence-electron chi connectivity index (χ4n) is 1.25. The molecule has 0 saturated heterocycles. The van der Waals surface area contributed by atoms with Crippen molar-refractivity contribution in [1.29, 1.82) is 0 Å². The van der Waals surface area contributed by atoms with E-state index in [-0.39, 0.29) is 5.91 Å². The molecule has 0 heterocycles. The molecule has 0 bridgehead atoms. The lowest BCUT2D eigenvalue weighted by Crippen LogP contribution is -2.38. The molecule has 0 aromatic carbocycles. The molecule has 0 aliphatic heterocycles. The summed E-state index contributed by atoms with van der Waals surface area (Å²) in [6.07, 6.45) is 6.74. The highest BCUT2D eigenvalue weighted by molar-refractivity contribution is 7.98. The number of hydrogen-bond donors (Lipinski definition) is 2. The molecule has 0 aromatic rings. The van der Waals surface area contributed by atoms with Gasteiger partial charge in [0.05, 0.1) is 6.54 Å². The lowest BCUT2D eigenvalue weighted by molar-refractivity contribution is -0.120. The summed E-state index contributed by atoms with van der Waals surface area (Å²) in [6.45, 7) is 5.46. The Bertz CT molecular complexity index is 176. The molecule has 4 heteroatoms. The highest BCUT2D eigenvalue weighted by atomic mass is 32.2. The number of nitrogens with one attached hydrogen (secondary N) is 2. The zero-order valence-corrected chi connectivity index (χ0v) is 11.7. The van der Waals surface area contributed by atoms with Crippen molar-refractivity contribution in [1.82, 2.24) is 10.6 Å². The summed E-state index contributed by atoms with van der Waals surface area (Å²) in [5.41, 5.74) is 0. The maximum Gasteiger partial charge on any atom is 0.233 e. The van der Waals surface area contributed by atoms with E-state index in [1.807, 2.05) is 11.8 Å². The summed E-state index contributed by atoms with van der Waals surface area (Å²) in [7, 11) is 0. The lowest BCUT2D eigenvalue weighted by Gasteiger charge is -2.11. The van der Waals surface area contributed by atoms with Crippen LogP contribution >= 0.6 is 11.8 Å². The first-order valence-corrected chi connectivity index (χ1v) is 7.59. The van der Waals surface area contributed by atoms with E-state index in [1.165, 1.54) is 18.6 Å². The fraction of sp³-hybridized carbons (Fsp3) is 0.917. The molecule has 0 spiro atoms. The van der Waals surface area contributed by atoms with Crippen LogP contribution in [0.25, 0.3) is 0 Å². The third kappa shape index (κ3) is 10.3. The predicted octanol–water partition coefficient (Wildman–Crippen LogP) is 2.02. The molecule has 16 heavy (non-hydrogen) atoms. The van der Waals surface area contributed by atoms with Gasteiger partial charge >= 0.3 is 0 Å². The van der Waals surface area contributed by atoms with Crippen LogP contribution in [0.5, 0.6) is 0 Å². The number of hydrogen-bond acceptors (Lipinski definition) is 3. The Morgan fingerprint density at radius 2 is 2.06 bits per heavy atom. The molecule has 2 N–H and O–H groups in total. The van der Waals surface area contributed by atoms with E-state index in [9.17, 15) is 4.79 Å². The molecular weight excluding hydrogens is 220 g/mol. The minimum atomic E-state index is 0.116. The minimum Gasteiger partial charge on any atom is -0.355 e. The first kappa shape index (κ1) is 15.8. The quantitative estimate of drug-likeness (QED) is 0.580. The van der Waals surface area contributed by atoms with Gasteiger partial charge in [0.1, 0.15) is 0 Å². The molecule has 0 fully saturated rings. The van der Waals surface area contributed by atoms with Gasteiger partial charge < -0.3 is 10.6 Å². The summed E-state index contributed by atoms with van der Waals surface area (Å²) >= 11 is 1.88. The van der Waals surface area contributed by atoms with Gasteiger partial charge in [-0.15, -0.1) is 0 Å². The van der Waals surface area contributed by atoms with Crippen LogP contribution in [-0.2, 0) is 4.79 Å². The zero-order chi connectivity index (χ0) is 12.2. The van der Waals surface area contributed by atoms with Crippen LogP contribution in [0, 0.1) is 0 Å². The van der Waals surface area contributed by atoms with Crippen LogP contribution in [0.2, 0.25) is 0 Å². The summed E-state index contributed by atoms with van der Waals surface area (Å²) in [6, 6.07) is 0.423. The van der Waals surface area contributed by atoms with E-state index < -0.39 is 0 Å². The molecule has 0 radical (unpaired) electrons. The smallest absolute Gasteiger partial charge is 0.233 e. The van der Waals surface area contributed by atoms with E-state index in [0.29, 0.717) is 12.6 Å². The molecule has 1 unspecified atom stereocenters. The normalized spacial score (nSPS) is 12.4. The molecule has 0 aliphatic rings. The SMILES string of the molecule is CCC(C)NCC(=O)NCCCCCSC. The van der Waals surface area contributed by atoms with E-state index in [1.54, 1.807) is 0 Å². The van der Waals surface area contributed by atoms with Crippen molar-refractivity contribution < 1.29 is 4.79 Å². The number of amides is 1. The number of unbranched alkanes of at least 4 members (excludes halogenated alkanes) is 2. The Morgan fingerprint density at radius 3 is 2.69 bits per heavy atom. The Kier molecular flexibility index (Phi) is 11.1. The minimum absolute atomic E-state index is 0.116.